The molecule has 4 rings (SSSR count). The van der Waals surface area contributed by atoms with Gasteiger partial charge in [-0.25, -0.2) is 4.98 Å². The minimum Gasteiger partial charge on any atom is -0.383 e. The highest BCUT2D eigenvalue weighted by molar-refractivity contribution is 5.91. The van der Waals surface area contributed by atoms with E-state index in [4.69, 9.17) is 15.0 Å². The van der Waals surface area contributed by atoms with Crippen molar-refractivity contribution in [3.63, 3.8) is 0 Å². The largest absolute Gasteiger partial charge is 0.383 e. The summed E-state index contributed by atoms with van der Waals surface area (Å²) in [5, 5.41) is 6.72. The van der Waals surface area contributed by atoms with E-state index in [1.165, 1.54) is 0 Å². The molecule has 0 bridgehead atoms. The highest BCUT2D eigenvalue weighted by Gasteiger charge is 2.39. The molecule has 3 heterocycles. The fourth-order valence-corrected chi connectivity index (χ4v) is 3.10. The van der Waals surface area contributed by atoms with Gasteiger partial charge in [0.05, 0.1) is 25.0 Å². The van der Waals surface area contributed by atoms with Crippen LogP contribution in [-0.2, 0) is 21.4 Å². The molecule has 0 unspecified atom stereocenters. The first kappa shape index (κ1) is 18.2. The molecule has 1 amide bonds. The Balaban J connectivity index is 1.39. The average Bonchev–Trinajstić information content (AvgIpc) is 3.11. The van der Waals surface area contributed by atoms with Crippen LogP contribution in [0.4, 0.5) is 11.6 Å². The summed E-state index contributed by atoms with van der Waals surface area (Å²) in [6, 6.07) is 11.6. The molecule has 3 N–H and O–H groups in total. The number of aromatic nitrogens is 2. The zero-order chi connectivity index (χ0) is 19.7. The van der Waals surface area contributed by atoms with E-state index in [1.807, 2.05) is 44.2 Å². The molecule has 1 aliphatic rings. The predicted octanol–water partition coefficient (Wildman–Crippen LogP) is 3.10. The number of pyridine rings is 1. The molecule has 0 aliphatic carbocycles. The Morgan fingerprint density at radius 1 is 1.21 bits per heavy atom. The molecule has 3 aromatic rings. The minimum atomic E-state index is -0.152. The maximum atomic E-state index is 12.3. The van der Waals surface area contributed by atoms with Gasteiger partial charge in [-0.3, -0.25) is 4.79 Å². The molecule has 1 fully saturated rings. The van der Waals surface area contributed by atoms with Crippen LogP contribution < -0.4 is 11.1 Å². The van der Waals surface area contributed by atoms with Gasteiger partial charge in [-0.1, -0.05) is 29.4 Å². The number of hydrogen-bond acceptors (Lipinski definition) is 6. The number of nitrogens with one attached hydrogen (secondary N) is 1. The molecular weight excluding hydrogens is 356 g/mol. The van der Waals surface area contributed by atoms with Crippen molar-refractivity contribution in [3.05, 3.63) is 59.5 Å². The average molecular weight is 378 g/mol. The molecule has 2 aromatic heterocycles. The lowest BCUT2D eigenvalue weighted by molar-refractivity contribution is -0.115. The van der Waals surface area contributed by atoms with Gasteiger partial charge in [0.15, 0.2) is 5.82 Å². The van der Waals surface area contributed by atoms with E-state index in [0.717, 1.165) is 28.0 Å². The van der Waals surface area contributed by atoms with E-state index < -0.39 is 0 Å². The maximum absolute atomic E-state index is 12.3. The van der Waals surface area contributed by atoms with Gasteiger partial charge < -0.3 is 20.3 Å². The number of anilines is 2. The number of aryl methyl sites for hydroxylation is 1. The van der Waals surface area contributed by atoms with Gasteiger partial charge >= 0.3 is 0 Å². The van der Waals surface area contributed by atoms with E-state index in [-0.39, 0.29) is 17.7 Å². The molecule has 0 radical (unpaired) electrons. The molecule has 28 heavy (non-hydrogen) atoms. The van der Waals surface area contributed by atoms with Crippen LogP contribution in [0.25, 0.3) is 11.1 Å². The third-order valence-corrected chi connectivity index (χ3v) is 4.98. The first-order valence-corrected chi connectivity index (χ1v) is 9.09. The van der Waals surface area contributed by atoms with Crippen LogP contribution in [0, 0.1) is 6.92 Å². The van der Waals surface area contributed by atoms with Crippen molar-refractivity contribution in [2.45, 2.75) is 25.7 Å². The molecule has 0 saturated carbocycles. The van der Waals surface area contributed by atoms with Crippen LogP contribution in [0.15, 0.2) is 47.1 Å². The monoisotopic (exact) mass is 378 g/mol. The zero-order valence-corrected chi connectivity index (χ0v) is 15.9. The van der Waals surface area contributed by atoms with Gasteiger partial charge in [-0.15, -0.1) is 0 Å². The molecule has 0 spiro atoms. The molecule has 1 aliphatic heterocycles. The van der Waals surface area contributed by atoms with Crippen LogP contribution in [0.3, 0.4) is 0 Å². The number of carbonyl (C=O) groups excluding carboxylic acids is 1. The Hall–Kier alpha value is -3.19. The molecule has 1 saturated heterocycles. The fourth-order valence-electron chi connectivity index (χ4n) is 3.10. The molecule has 1 aromatic carbocycles. The number of rotatable bonds is 5. The lowest BCUT2D eigenvalue weighted by atomic mass is 9.86. The number of nitrogens with two attached hydrogens (primary N) is 1. The highest BCUT2D eigenvalue weighted by Crippen LogP contribution is 2.32. The summed E-state index contributed by atoms with van der Waals surface area (Å²) in [6.07, 6.45) is 2.00. The second-order valence-electron chi connectivity index (χ2n) is 7.48. The number of nitrogen functional groups attached to an aromatic ring is 1. The van der Waals surface area contributed by atoms with Gasteiger partial charge in [0, 0.05) is 17.8 Å². The number of carbonyl (C=O) groups is 1. The molecule has 7 heteroatoms. The lowest BCUT2D eigenvalue weighted by Gasteiger charge is -2.35. The summed E-state index contributed by atoms with van der Waals surface area (Å²) in [6.45, 7) is 5.18. The first-order chi connectivity index (χ1) is 13.4. The van der Waals surface area contributed by atoms with Gasteiger partial charge in [-0.2, -0.15) is 0 Å². The van der Waals surface area contributed by atoms with E-state index in [1.54, 1.807) is 12.3 Å². The molecule has 144 valence electrons. The lowest BCUT2D eigenvalue weighted by Crippen LogP contribution is -2.43. The SMILES string of the molecule is Cc1cc(-c2ccc(CC(=O)Nc3cc(C4(C)COC4)on3)cc2)cnc1N. The van der Waals surface area contributed by atoms with Crippen LogP contribution in [0.2, 0.25) is 0 Å². The summed E-state index contributed by atoms with van der Waals surface area (Å²) < 4.78 is 10.6. The van der Waals surface area contributed by atoms with Crippen molar-refractivity contribution in [2.75, 3.05) is 24.3 Å². The van der Waals surface area contributed by atoms with Crippen molar-refractivity contribution in [3.8, 4) is 11.1 Å². The first-order valence-electron chi connectivity index (χ1n) is 9.09. The summed E-state index contributed by atoms with van der Waals surface area (Å²) >= 11 is 0. The smallest absolute Gasteiger partial charge is 0.230 e. The molecule has 7 nitrogen and oxygen atoms in total. The fraction of sp³-hybridized carbons (Fsp3) is 0.286. The third kappa shape index (κ3) is 3.61. The Kier molecular flexibility index (Phi) is 4.60. The van der Waals surface area contributed by atoms with Crippen molar-refractivity contribution < 1.29 is 14.1 Å². The van der Waals surface area contributed by atoms with Gasteiger partial charge in [0.2, 0.25) is 5.91 Å². The minimum absolute atomic E-state index is 0.146. The number of benzene rings is 1. The Morgan fingerprint density at radius 2 is 1.96 bits per heavy atom. The highest BCUT2D eigenvalue weighted by atomic mass is 16.5. The summed E-state index contributed by atoms with van der Waals surface area (Å²) in [5.74, 6) is 1.54. The second kappa shape index (κ2) is 7.09. The van der Waals surface area contributed by atoms with Crippen LogP contribution in [0.5, 0.6) is 0 Å². The van der Waals surface area contributed by atoms with E-state index in [9.17, 15) is 4.79 Å². The van der Waals surface area contributed by atoms with Crippen molar-refractivity contribution >= 4 is 17.5 Å². The molecular formula is C21H22N4O3. The Bertz CT molecular complexity index is 1010. The number of amides is 1. The maximum Gasteiger partial charge on any atom is 0.230 e. The third-order valence-electron chi connectivity index (χ3n) is 4.98. The van der Waals surface area contributed by atoms with Crippen LogP contribution >= 0.6 is 0 Å². The van der Waals surface area contributed by atoms with Crippen LogP contribution in [0.1, 0.15) is 23.8 Å². The quantitative estimate of drug-likeness (QED) is 0.707. The van der Waals surface area contributed by atoms with Gasteiger partial charge in [0.25, 0.3) is 0 Å². The van der Waals surface area contributed by atoms with Crippen molar-refractivity contribution in [2.24, 2.45) is 0 Å². The number of hydrogen-bond donors (Lipinski definition) is 2. The standard InChI is InChI=1S/C21H22N4O3/c1-13-7-16(10-23-20(13)22)15-5-3-14(4-6-15)8-19(26)24-18-9-17(28-25-18)21(2)11-27-12-21/h3-7,9-10H,8,11-12H2,1-2H3,(H2,22,23)(H,24,25,26). The van der Waals surface area contributed by atoms with Crippen molar-refractivity contribution in [1.29, 1.82) is 0 Å². The van der Waals surface area contributed by atoms with E-state index >= 15 is 0 Å². The van der Waals surface area contributed by atoms with E-state index in [2.05, 4.69) is 15.5 Å². The normalized spacial score (nSPS) is 15.1. The van der Waals surface area contributed by atoms with Gasteiger partial charge in [-0.05, 0) is 36.6 Å². The second-order valence-corrected chi connectivity index (χ2v) is 7.48. The Labute approximate surface area is 162 Å². The van der Waals surface area contributed by atoms with Crippen LogP contribution in [-0.4, -0.2) is 29.3 Å². The summed E-state index contributed by atoms with van der Waals surface area (Å²) in [7, 11) is 0. The topological polar surface area (TPSA) is 103 Å². The molecule has 0 atom stereocenters. The Morgan fingerprint density at radius 3 is 2.61 bits per heavy atom. The predicted molar refractivity (Wildman–Crippen MR) is 106 cm³/mol. The van der Waals surface area contributed by atoms with Crippen molar-refractivity contribution in [1.82, 2.24) is 10.1 Å². The van der Waals surface area contributed by atoms with E-state index in [0.29, 0.717) is 24.8 Å². The zero-order valence-electron chi connectivity index (χ0n) is 15.9. The number of ether oxygens (including phenoxy) is 1. The van der Waals surface area contributed by atoms with Gasteiger partial charge in [0.1, 0.15) is 11.6 Å². The summed E-state index contributed by atoms with van der Waals surface area (Å²) in [4.78, 5) is 16.5. The summed E-state index contributed by atoms with van der Waals surface area (Å²) in [5.41, 5.74) is 9.48. The number of nitrogens with zero attached hydrogens (tertiary/aromatic N) is 2.